The number of para-hydroxylation sites is 1. The Morgan fingerprint density at radius 3 is 2.74 bits per heavy atom. The maximum atomic E-state index is 12.3. The number of thioether (sulfide) groups is 1. The molecule has 1 amide bonds. The summed E-state index contributed by atoms with van der Waals surface area (Å²) in [5.41, 5.74) is 6.72. The van der Waals surface area contributed by atoms with Crippen LogP contribution >= 0.6 is 11.8 Å². The first-order chi connectivity index (χ1) is 9.20. The SMILES string of the molecule is CSCC[C@@H](N)C(=O)N(CCC#N)c1ccccc1. The van der Waals surface area contributed by atoms with Crippen LogP contribution in [0.1, 0.15) is 12.8 Å². The van der Waals surface area contributed by atoms with Crippen LogP contribution in [0.15, 0.2) is 30.3 Å². The quantitative estimate of drug-likeness (QED) is 0.827. The maximum absolute atomic E-state index is 12.3. The number of nitrogens with two attached hydrogens (primary N) is 1. The molecular formula is C14H19N3OS. The van der Waals surface area contributed by atoms with E-state index in [1.165, 1.54) is 0 Å². The van der Waals surface area contributed by atoms with E-state index < -0.39 is 6.04 Å². The summed E-state index contributed by atoms with van der Waals surface area (Å²) in [5, 5.41) is 8.70. The number of hydrogen-bond acceptors (Lipinski definition) is 4. The molecular weight excluding hydrogens is 258 g/mol. The molecule has 5 heteroatoms. The van der Waals surface area contributed by atoms with E-state index in [9.17, 15) is 4.79 Å². The van der Waals surface area contributed by atoms with Crippen LogP contribution in [0.25, 0.3) is 0 Å². The molecule has 0 saturated heterocycles. The zero-order chi connectivity index (χ0) is 14.1. The van der Waals surface area contributed by atoms with Crippen molar-refractivity contribution in [3.05, 3.63) is 30.3 Å². The van der Waals surface area contributed by atoms with E-state index in [-0.39, 0.29) is 5.91 Å². The van der Waals surface area contributed by atoms with Gasteiger partial charge in [0.2, 0.25) is 5.91 Å². The second kappa shape index (κ2) is 8.57. The van der Waals surface area contributed by atoms with Gasteiger partial charge in [-0.25, -0.2) is 0 Å². The Morgan fingerprint density at radius 2 is 2.16 bits per heavy atom. The number of amides is 1. The molecule has 0 unspecified atom stereocenters. The topological polar surface area (TPSA) is 70.1 Å². The van der Waals surface area contributed by atoms with Crippen LogP contribution in [0.4, 0.5) is 5.69 Å². The van der Waals surface area contributed by atoms with Gasteiger partial charge in [0.25, 0.3) is 0 Å². The molecule has 0 aliphatic carbocycles. The first kappa shape index (κ1) is 15.5. The fraction of sp³-hybridized carbons (Fsp3) is 0.429. The Morgan fingerprint density at radius 1 is 1.47 bits per heavy atom. The van der Waals surface area contributed by atoms with Crippen LogP contribution in [0.3, 0.4) is 0 Å². The molecule has 0 aliphatic heterocycles. The lowest BCUT2D eigenvalue weighted by Gasteiger charge is -2.25. The molecule has 0 aromatic heterocycles. The zero-order valence-corrected chi connectivity index (χ0v) is 11.9. The van der Waals surface area contributed by atoms with Gasteiger partial charge in [-0.1, -0.05) is 18.2 Å². The molecule has 1 aromatic carbocycles. The van der Waals surface area contributed by atoms with Gasteiger partial charge in [0.15, 0.2) is 0 Å². The molecule has 102 valence electrons. The van der Waals surface area contributed by atoms with Gasteiger partial charge in [-0.3, -0.25) is 4.79 Å². The molecule has 0 saturated carbocycles. The molecule has 4 nitrogen and oxygen atoms in total. The summed E-state index contributed by atoms with van der Waals surface area (Å²) < 4.78 is 0. The van der Waals surface area contributed by atoms with E-state index in [2.05, 4.69) is 6.07 Å². The van der Waals surface area contributed by atoms with Gasteiger partial charge >= 0.3 is 0 Å². The van der Waals surface area contributed by atoms with Crippen molar-refractivity contribution in [1.82, 2.24) is 0 Å². The standard InChI is InChI=1S/C14H19N3OS/c1-19-11-8-13(16)14(18)17(10-5-9-15)12-6-3-2-4-7-12/h2-4,6-7,13H,5,8,10-11,16H2,1H3/t13-/m1/s1. The molecule has 0 fully saturated rings. The van der Waals surface area contributed by atoms with Crippen LogP contribution in [0.2, 0.25) is 0 Å². The number of hydrogen-bond donors (Lipinski definition) is 1. The van der Waals surface area contributed by atoms with E-state index in [0.717, 1.165) is 11.4 Å². The van der Waals surface area contributed by atoms with Gasteiger partial charge in [-0.2, -0.15) is 17.0 Å². The zero-order valence-electron chi connectivity index (χ0n) is 11.1. The van der Waals surface area contributed by atoms with Crippen molar-refractivity contribution in [1.29, 1.82) is 5.26 Å². The minimum atomic E-state index is -0.508. The number of anilines is 1. The van der Waals surface area contributed by atoms with Crippen molar-refractivity contribution in [3.63, 3.8) is 0 Å². The molecule has 0 heterocycles. The van der Waals surface area contributed by atoms with E-state index in [1.54, 1.807) is 16.7 Å². The molecule has 2 N–H and O–H groups in total. The summed E-state index contributed by atoms with van der Waals surface area (Å²) in [6, 6.07) is 10.9. The van der Waals surface area contributed by atoms with Crippen LogP contribution < -0.4 is 10.6 Å². The Bertz CT molecular complexity index is 430. The highest BCUT2D eigenvalue weighted by Gasteiger charge is 2.21. The first-order valence-electron chi connectivity index (χ1n) is 6.18. The number of nitriles is 1. The summed E-state index contributed by atoms with van der Waals surface area (Å²) in [7, 11) is 0. The molecule has 1 rings (SSSR count). The van der Waals surface area contributed by atoms with Gasteiger partial charge in [0, 0.05) is 12.2 Å². The smallest absolute Gasteiger partial charge is 0.243 e. The van der Waals surface area contributed by atoms with Crippen molar-refractivity contribution in [2.24, 2.45) is 5.73 Å². The summed E-state index contributed by atoms with van der Waals surface area (Å²) in [6.45, 7) is 0.381. The Balaban J connectivity index is 2.79. The minimum Gasteiger partial charge on any atom is -0.320 e. The third-order valence-electron chi connectivity index (χ3n) is 2.73. The molecule has 0 radical (unpaired) electrons. The molecule has 0 spiro atoms. The third kappa shape index (κ3) is 4.93. The van der Waals surface area contributed by atoms with E-state index >= 15 is 0 Å². The summed E-state index contributed by atoms with van der Waals surface area (Å²) >= 11 is 1.67. The van der Waals surface area contributed by atoms with Crippen molar-refractivity contribution >= 4 is 23.4 Å². The van der Waals surface area contributed by atoms with Crippen molar-refractivity contribution < 1.29 is 4.79 Å². The van der Waals surface area contributed by atoms with Gasteiger partial charge in [-0.15, -0.1) is 0 Å². The average molecular weight is 277 g/mol. The maximum Gasteiger partial charge on any atom is 0.243 e. The first-order valence-corrected chi connectivity index (χ1v) is 7.58. The molecule has 1 aromatic rings. The highest BCUT2D eigenvalue weighted by Crippen LogP contribution is 2.15. The average Bonchev–Trinajstić information content (AvgIpc) is 2.46. The van der Waals surface area contributed by atoms with Gasteiger partial charge < -0.3 is 10.6 Å². The third-order valence-corrected chi connectivity index (χ3v) is 3.38. The normalized spacial score (nSPS) is 11.6. The van der Waals surface area contributed by atoms with Crippen LogP contribution in [-0.4, -0.2) is 30.5 Å². The lowest BCUT2D eigenvalue weighted by atomic mass is 10.2. The highest BCUT2D eigenvalue weighted by molar-refractivity contribution is 7.98. The van der Waals surface area contributed by atoms with Crippen molar-refractivity contribution in [2.75, 3.05) is 23.5 Å². The summed E-state index contributed by atoms with van der Waals surface area (Å²) in [4.78, 5) is 13.9. The number of rotatable bonds is 7. The lowest BCUT2D eigenvalue weighted by Crippen LogP contribution is -2.44. The molecule has 1 atom stereocenters. The van der Waals surface area contributed by atoms with E-state index in [1.807, 2.05) is 36.6 Å². The van der Waals surface area contributed by atoms with Crippen molar-refractivity contribution in [3.8, 4) is 6.07 Å². The number of nitrogens with zero attached hydrogens (tertiary/aromatic N) is 2. The molecule has 0 aliphatic rings. The number of carbonyl (C=O) groups is 1. The fourth-order valence-corrected chi connectivity index (χ4v) is 2.19. The van der Waals surface area contributed by atoms with Gasteiger partial charge in [0.05, 0.1) is 18.5 Å². The molecule has 0 bridgehead atoms. The second-order valence-electron chi connectivity index (χ2n) is 4.12. The summed E-state index contributed by atoms with van der Waals surface area (Å²) in [5.74, 6) is 0.740. The number of benzene rings is 1. The largest absolute Gasteiger partial charge is 0.320 e. The fourth-order valence-electron chi connectivity index (χ4n) is 1.70. The van der Waals surface area contributed by atoms with E-state index in [0.29, 0.717) is 19.4 Å². The van der Waals surface area contributed by atoms with Crippen molar-refractivity contribution in [2.45, 2.75) is 18.9 Å². The monoisotopic (exact) mass is 277 g/mol. The highest BCUT2D eigenvalue weighted by atomic mass is 32.2. The predicted molar refractivity (Wildman–Crippen MR) is 80.0 cm³/mol. The number of carbonyl (C=O) groups excluding carboxylic acids is 1. The van der Waals surface area contributed by atoms with Crippen LogP contribution in [-0.2, 0) is 4.79 Å². The summed E-state index contributed by atoms with van der Waals surface area (Å²) in [6.07, 6.45) is 2.94. The Labute approximate surface area is 118 Å². The second-order valence-corrected chi connectivity index (χ2v) is 5.11. The predicted octanol–water partition coefficient (Wildman–Crippen LogP) is 2.01. The Kier molecular flexibility index (Phi) is 7.01. The van der Waals surface area contributed by atoms with Gasteiger partial charge in [0.1, 0.15) is 0 Å². The Hall–Kier alpha value is -1.51. The van der Waals surface area contributed by atoms with E-state index in [4.69, 9.17) is 11.0 Å². The van der Waals surface area contributed by atoms with Crippen LogP contribution in [0.5, 0.6) is 0 Å². The minimum absolute atomic E-state index is 0.115. The van der Waals surface area contributed by atoms with Gasteiger partial charge in [-0.05, 0) is 30.6 Å². The lowest BCUT2D eigenvalue weighted by molar-refractivity contribution is -0.119. The van der Waals surface area contributed by atoms with Crippen LogP contribution in [0, 0.1) is 11.3 Å². The molecule has 19 heavy (non-hydrogen) atoms.